The number of hydrogen-bond acceptors (Lipinski definition) is 4. The fourth-order valence-corrected chi connectivity index (χ4v) is 4.47. The Morgan fingerprint density at radius 3 is 2.67 bits per heavy atom. The third kappa shape index (κ3) is 3.62. The average molecular weight is 408 g/mol. The molecule has 3 aromatic rings. The molecule has 0 bridgehead atoms. The predicted octanol–water partition coefficient (Wildman–Crippen LogP) is 4.18. The second-order valence-corrected chi connectivity index (χ2v) is 7.98. The molecule has 0 N–H and O–H groups in total. The van der Waals surface area contributed by atoms with Crippen LogP contribution in [0.3, 0.4) is 0 Å². The molecule has 1 saturated heterocycles. The molecule has 1 aliphatic carbocycles. The first kappa shape index (κ1) is 19.0. The lowest BCUT2D eigenvalue weighted by molar-refractivity contribution is -0.133. The van der Waals surface area contributed by atoms with Crippen LogP contribution in [0.2, 0.25) is 0 Å². The fraction of sp³-hybridized carbons (Fsp3) is 0.375. The molecule has 1 aliphatic heterocycles. The number of aryl methyl sites for hydroxylation is 2. The van der Waals surface area contributed by atoms with Crippen LogP contribution in [-0.2, 0) is 17.6 Å². The van der Waals surface area contributed by atoms with Gasteiger partial charge in [0, 0.05) is 43.5 Å². The predicted molar refractivity (Wildman–Crippen MR) is 114 cm³/mol. The molecule has 0 atom stereocenters. The Kier molecular flexibility index (Phi) is 5.07. The minimum absolute atomic E-state index is 0.00521. The van der Waals surface area contributed by atoms with Crippen LogP contribution in [-0.4, -0.2) is 43.6 Å². The summed E-state index contributed by atoms with van der Waals surface area (Å²) in [6.07, 6.45) is 4.40. The standard InChI is InChI=1S/C24H25FN2O3/c25-20-6-2-3-7-21(20)26-11-13-27(14-12-26)24(28)16-29-17-9-10-23-19(15-17)18-5-1-4-8-22(18)30-23/h2-3,6-7,9-10,15H,1,4-5,8,11-14,16H2. The van der Waals surface area contributed by atoms with Crippen molar-refractivity contribution < 1.29 is 18.3 Å². The van der Waals surface area contributed by atoms with E-state index in [4.69, 9.17) is 9.15 Å². The van der Waals surface area contributed by atoms with Gasteiger partial charge in [-0.1, -0.05) is 12.1 Å². The van der Waals surface area contributed by atoms with Crippen molar-refractivity contribution in [1.82, 2.24) is 4.90 Å². The van der Waals surface area contributed by atoms with Gasteiger partial charge in [0.15, 0.2) is 6.61 Å². The topological polar surface area (TPSA) is 45.9 Å². The first-order valence-corrected chi connectivity index (χ1v) is 10.6. The number of piperazine rings is 1. The van der Waals surface area contributed by atoms with Gasteiger partial charge in [-0.25, -0.2) is 4.39 Å². The number of furan rings is 1. The first-order valence-electron chi connectivity index (χ1n) is 10.6. The zero-order chi connectivity index (χ0) is 20.5. The molecule has 1 fully saturated rings. The van der Waals surface area contributed by atoms with E-state index in [9.17, 15) is 9.18 Å². The minimum Gasteiger partial charge on any atom is -0.484 e. The van der Waals surface area contributed by atoms with E-state index in [1.54, 1.807) is 17.0 Å². The second-order valence-electron chi connectivity index (χ2n) is 7.98. The second kappa shape index (κ2) is 8.01. The van der Waals surface area contributed by atoms with Gasteiger partial charge in [0.05, 0.1) is 5.69 Å². The average Bonchev–Trinajstić information content (AvgIpc) is 3.16. The third-order valence-corrected chi connectivity index (χ3v) is 6.11. The quantitative estimate of drug-likeness (QED) is 0.650. The maximum absolute atomic E-state index is 14.0. The highest BCUT2D eigenvalue weighted by Crippen LogP contribution is 2.34. The largest absolute Gasteiger partial charge is 0.484 e. The summed E-state index contributed by atoms with van der Waals surface area (Å²) in [5, 5.41) is 1.10. The van der Waals surface area contributed by atoms with Crippen molar-refractivity contribution >= 4 is 22.6 Å². The van der Waals surface area contributed by atoms with Crippen molar-refractivity contribution in [3.05, 3.63) is 59.6 Å². The Morgan fingerprint density at radius 1 is 1.03 bits per heavy atom. The van der Waals surface area contributed by atoms with Crippen LogP contribution in [0, 0.1) is 5.82 Å². The minimum atomic E-state index is -0.225. The number of benzene rings is 2. The summed E-state index contributed by atoms with van der Waals surface area (Å²) in [5.74, 6) is 1.52. The normalized spacial score (nSPS) is 16.6. The van der Waals surface area contributed by atoms with Crippen LogP contribution in [0.1, 0.15) is 24.2 Å². The zero-order valence-corrected chi connectivity index (χ0v) is 16.9. The Balaban J connectivity index is 1.19. The molecule has 30 heavy (non-hydrogen) atoms. The highest BCUT2D eigenvalue weighted by atomic mass is 19.1. The Bertz CT molecular complexity index is 1070. The lowest BCUT2D eigenvalue weighted by Crippen LogP contribution is -2.50. The van der Waals surface area contributed by atoms with Gasteiger partial charge >= 0.3 is 0 Å². The van der Waals surface area contributed by atoms with Crippen molar-refractivity contribution in [2.45, 2.75) is 25.7 Å². The van der Waals surface area contributed by atoms with Crippen LogP contribution >= 0.6 is 0 Å². The SMILES string of the molecule is O=C(COc1ccc2oc3c(c2c1)CCCC3)N1CCN(c2ccccc2F)CC1. The molecular weight excluding hydrogens is 383 g/mol. The van der Waals surface area contributed by atoms with Gasteiger partial charge in [0.25, 0.3) is 5.91 Å². The molecule has 2 heterocycles. The van der Waals surface area contributed by atoms with E-state index in [0.717, 1.165) is 29.6 Å². The molecule has 0 spiro atoms. The number of nitrogens with zero attached hydrogens (tertiary/aromatic N) is 2. The first-order chi connectivity index (χ1) is 14.7. The summed E-state index contributed by atoms with van der Waals surface area (Å²) >= 11 is 0. The summed E-state index contributed by atoms with van der Waals surface area (Å²) in [5.41, 5.74) is 2.78. The van der Waals surface area contributed by atoms with Crippen LogP contribution in [0.15, 0.2) is 46.9 Å². The lowest BCUT2D eigenvalue weighted by Gasteiger charge is -2.36. The van der Waals surface area contributed by atoms with Crippen LogP contribution in [0.4, 0.5) is 10.1 Å². The van der Waals surface area contributed by atoms with E-state index in [-0.39, 0.29) is 18.3 Å². The number of ether oxygens (including phenoxy) is 1. The summed E-state index contributed by atoms with van der Waals surface area (Å²) in [7, 11) is 0. The summed E-state index contributed by atoms with van der Waals surface area (Å²) in [6.45, 7) is 2.35. The van der Waals surface area contributed by atoms with Crippen LogP contribution in [0.5, 0.6) is 5.75 Å². The molecule has 2 aliphatic rings. The number of fused-ring (bicyclic) bond motifs is 3. The number of rotatable bonds is 4. The molecular formula is C24H25FN2O3. The number of anilines is 1. The number of carbonyl (C=O) groups excluding carboxylic acids is 1. The molecule has 2 aromatic carbocycles. The smallest absolute Gasteiger partial charge is 0.260 e. The van der Waals surface area contributed by atoms with E-state index >= 15 is 0 Å². The molecule has 1 amide bonds. The maximum Gasteiger partial charge on any atom is 0.260 e. The number of para-hydroxylation sites is 1. The van der Waals surface area contributed by atoms with Gasteiger partial charge in [-0.05, 0) is 49.6 Å². The molecule has 5 nitrogen and oxygen atoms in total. The highest BCUT2D eigenvalue weighted by molar-refractivity contribution is 5.84. The molecule has 1 aromatic heterocycles. The van der Waals surface area contributed by atoms with Gasteiger partial charge < -0.3 is 19.0 Å². The molecule has 0 unspecified atom stereocenters. The number of amides is 1. The molecule has 5 rings (SSSR count). The maximum atomic E-state index is 14.0. The molecule has 156 valence electrons. The van der Waals surface area contributed by atoms with E-state index in [1.807, 2.05) is 29.2 Å². The monoisotopic (exact) mass is 408 g/mol. The lowest BCUT2D eigenvalue weighted by atomic mass is 9.96. The Morgan fingerprint density at radius 2 is 1.83 bits per heavy atom. The van der Waals surface area contributed by atoms with Gasteiger partial charge in [-0.3, -0.25) is 4.79 Å². The molecule has 0 radical (unpaired) electrons. The number of carbonyl (C=O) groups is 1. The zero-order valence-electron chi connectivity index (χ0n) is 16.9. The van der Waals surface area contributed by atoms with Gasteiger partial charge in [-0.15, -0.1) is 0 Å². The van der Waals surface area contributed by atoms with Crippen molar-refractivity contribution in [1.29, 1.82) is 0 Å². The van der Waals surface area contributed by atoms with Crippen molar-refractivity contribution in [2.24, 2.45) is 0 Å². The fourth-order valence-electron chi connectivity index (χ4n) is 4.47. The third-order valence-electron chi connectivity index (χ3n) is 6.11. The van der Waals surface area contributed by atoms with Crippen LogP contribution < -0.4 is 9.64 Å². The van der Waals surface area contributed by atoms with Crippen molar-refractivity contribution in [3.63, 3.8) is 0 Å². The highest BCUT2D eigenvalue weighted by Gasteiger charge is 2.23. The number of hydrogen-bond donors (Lipinski definition) is 0. The summed E-state index contributed by atoms with van der Waals surface area (Å²) in [4.78, 5) is 16.4. The van der Waals surface area contributed by atoms with Gasteiger partial charge in [-0.2, -0.15) is 0 Å². The summed E-state index contributed by atoms with van der Waals surface area (Å²) < 4.78 is 25.8. The van der Waals surface area contributed by atoms with E-state index in [0.29, 0.717) is 37.6 Å². The molecule has 0 saturated carbocycles. The summed E-state index contributed by atoms with van der Waals surface area (Å²) in [6, 6.07) is 12.5. The van der Waals surface area contributed by atoms with Crippen molar-refractivity contribution in [3.8, 4) is 5.75 Å². The van der Waals surface area contributed by atoms with Crippen LogP contribution in [0.25, 0.3) is 11.0 Å². The van der Waals surface area contributed by atoms with E-state index in [1.165, 1.54) is 24.5 Å². The van der Waals surface area contributed by atoms with E-state index in [2.05, 4.69) is 0 Å². The number of halogens is 1. The van der Waals surface area contributed by atoms with Crippen molar-refractivity contribution in [2.75, 3.05) is 37.7 Å². The van der Waals surface area contributed by atoms with Gasteiger partial charge in [0.2, 0.25) is 0 Å². The van der Waals surface area contributed by atoms with Gasteiger partial charge in [0.1, 0.15) is 22.9 Å². The van der Waals surface area contributed by atoms with E-state index < -0.39 is 0 Å². The Hall–Kier alpha value is -3.02. The Labute approximate surface area is 175 Å². The molecule has 6 heteroatoms.